The van der Waals surface area contributed by atoms with Gasteiger partial charge in [0.05, 0.1) is 31.2 Å². The van der Waals surface area contributed by atoms with E-state index in [4.69, 9.17) is 14.2 Å². The molecule has 9 heteroatoms. The predicted molar refractivity (Wildman–Crippen MR) is 161 cm³/mol. The van der Waals surface area contributed by atoms with Gasteiger partial charge in [-0.15, -0.1) is 0 Å². The van der Waals surface area contributed by atoms with Gasteiger partial charge in [-0.2, -0.15) is 5.10 Å². The maximum absolute atomic E-state index is 12.9. The van der Waals surface area contributed by atoms with Crippen molar-refractivity contribution in [3.05, 3.63) is 125 Å². The first-order chi connectivity index (χ1) is 20.5. The topological polar surface area (TPSA) is 115 Å². The monoisotopic (exact) mass is 563 g/mol. The summed E-state index contributed by atoms with van der Waals surface area (Å²) >= 11 is 0. The van der Waals surface area contributed by atoms with Crippen LogP contribution in [0.5, 0.6) is 17.2 Å². The number of rotatable bonds is 11. The lowest BCUT2D eigenvalue weighted by Gasteiger charge is -2.11. The molecule has 0 aliphatic carbocycles. The minimum atomic E-state index is -0.550. The molecule has 212 valence electrons. The standard InChI is InChI=1S/C33H29N3O6/c1-3-41-30-21-24(13-19-29(30)42-31(37)20-14-23-9-5-4-6-10-23)22-34-36-33(39)27-11-7-8-12-28(27)35-32(38)25-15-17-26(40-2)18-16-25/h4-22H,3H2,1-2H3,(H,35,38)(H,36,39)/b20-14+,34-22-. The van der Waals surface area contributed by atoms with Crippen LogP contribution in [0.1, 0.15) is 38.8 Å². The minimum absolute atomic E-state index is 0.234. The van der Waals surface area contributed by atoms with Crippen LogP contribution in [0.3, 0.4) is 0 Å². The van der Waals surface area contributed by atoms with Crippen molar-refractivity contribution in [2.45, 2.75) is 6.92 Å². The Morgan fingerprint density at radius 3 is 2.29 bits per heavy atom. The van der Waals surface area contributed by atoms with E-state index in [9.17, 15) is 14.4 Å². The Morgan fingerprint density at radius 1 is 0.810 bits per heavy atom. The molecule has 0 saturated heterocycles. The number of para-hydroxylation sites is 1. The van der Waals surface area contributed by atoms with Crippen molar-refractivity contribution < 1.29 is 28.6 Å². The average Bonchev–Trinajstić information content (AvgIpc) is 3.02. The predicted octanol–water partition coefficient (Wildman–Crippen LogP) is 5.73. The molecule has 0 aromatic heterocycles. The molecular weight excluding hydrogens is 534 g/mol. The Kier molecular flexibility index (Phi) is 10.2. The van der Waals surface area contributed by atoms with E-state index in [1.807, 2.05) is 37.3 Å². The number of carbonyl (C=O) groups is 3. The lowest BCUT2D eigenvalue weighted by molar-refractivity contribution is -0.129. The van der Waals surface area contributed by atoms with E-state index in [0.29, 0.717) is 34.9 Å². The number of nitrogens with zero attached hydrogens (tertiary/aromatic N) is 1. The molecule has 0 spiro atoms. The number of amides is 2. The van der Waals surface area contributed by atoms with Crippen LogP contribution in [0.25, 0.3) is 6.08 Å². The molecule has 4 rings (SSSR count). The molecule has 2 N–H and O–H groups in total. The third-order valence-electron chi connectivity index (χ3n) is 5.84. The van der Waals surface area contributed by atoms with Gasteiger partial charge in [0.2, 0.25) is 0 Å². The average molecular weight is 564 g/mol. The van der Waals surface area contributed by atoms with Gasteiger partial charge in [-0.3, -0.25) is 9.59 Å². The fraction of sp³-hybridized carbons (Fsp3) is 0.0909. The summed E-state index contributed by atoms with van der Waals surface area (Å²) in [5.41, 5.74) is 4.92. The van der Waals surface area contributed by atoms with Crippen LogP contribution in [0, 0.1) is 0 Å². The highest BCUT2D eigenvalue weighted by Crippen LogP contribution is 2.28. The van der Waals surface area contributed by atoms with Crippen molar-refractivity contribution in [1.82, 2.24) is 5.43 Å². The number of carbonyl (C=O) groups excluding carboxylic acids is 3. The number of hydrazone groups is 1. The molecule has 0 aliphatic rings. The molecule has 0 aliphatic heterocycles. The molecule has 0 atom stereocenters. The van der Waals surface area contributed by atoms with Crippen molar-refractivity contribution in [3.63, 3.8) is 0 Å². The highest BCUT2D eigenvalue weighted by Gasteiger charge is 2.14. The molecule has 0 saturated carbocycles. The Balaban J connectivity index is 1.40. The summed E-state index contributed by atoms with van der Waals surface area (Å²) < 4.78 is 16.2. The van der Waals surface area contributed by atoms with Crippen LogP contribution in [0.15, 0.2) is 108 Å². The first-order valence-corrected chi connectivity index (χ1v) is 13.1. The van der Waals surface area contributed by atoms with E-state index in [1.54, 1.807) is 79.9 Å². The summed E-state index contributed by atoms with van der Waals surface area (Å²) in [7, 11) is 1.54. The van der Waals surface area contributed by atoms with Crippen molar-refractivity contribution in [1.29, 1.82) is 0 Å². The van der Waals surface area contributed by atoms with Gasteiger partial charge in [0.1, 0.15) is 5.75 Å². The summed E-state index contributed by atoms with van der Waals surface area (Å²) in [5, 5.41) is 6.80. The number of esters is 1. The normalized spacial score (nSPS) is 10.8. The van der Waals surface area contributed by atoms with Gasteiger partial charge in [-0.1, -0.05) is 42.5 Å². The van der Waals surface area contributed by atoms with E-state index in [-0.39, 0.29) is 17.2 Å². The van der Waals surface area contributed by atoms with Crippen molar-refractivity contribution in [3.8, 4) is 17.2 Å². The maximum atomic E-state index is 12.9. The van der Waals surface area contributed by atoms with Gasteiger partial charge in [-0.25, -0.2) is 10.2 Å². The smallest absolute Gasteiger partial charge is 0.336 e. The van der Waals surface area contributed by atoms with E-state index < -0.39 is 11.9 Å². The molecule has 0 fully saturated rings. The second-order valence-corrected chi connectivity index (χ2v) is 8.73. The number of hydrogen-bond acceptors (Lipinski definition) is 7. The Labute approximate surface area is 243 Å². The number of benzene rings is 4. The summed E-state index contributed by atoms with van der Waals surface area (Å²) in [6.07, 6.45) is 4.43. The number of anilines is 1. The molecule has 0 heterocycles. The highest BCUT2D eigenvalue weighted by atomic mass is 16.6. The first-order valence-electron chi connectivity index (χ1n) is 13.1. The Hall–Kier alpha value is -5.70. The van der Waals surface area contributed by atoms with Gasteiger partial charge in [-0.05, 0) is 78.7 Å². The van der Waals surface area contributed by atoms with Crippen LogP contribution in [-0.4, -0.2) is 37.7 Å². The SMILES string of the molecule is CCOc1cc(/C=N\NC(=O)c2ccccc2NC(=O)c2ccc(OC)cc2)ccc1OC(=O)/C=C/c1ccccc1. The molecule has 9 nitrogen and oxygen atoms in total. The summed E-state index contributed by atoms with van der Waals surface area (Å²) in [4.78, 5) is 37.9. The van der Waals surface area contributed by atoms with Crippen LogP contribution in [-0.2, 0) is 4.79 Å². The van der Waals surface area contributed by atoms with Crippen LogP contribution in [0.4, 0.5) is 5.69 Å². The van der Waals surface area contributed by atoms with Gasteiger partial charge in [0.15, 0.2) is 11.5 Å². The first kappa shape index (κ1) is 29.3. The van der Waals surface area contributed by atoms with Crippen LogP contribution in [0.2, 0.25) is 0 Å². The Bertz CT molecular complexity index is 1600. The maximum Gasteiger partial charge on any atom is 0.336 e. The number of hydrogen-bond donors (Lipinski definition) is 2. The number of methoxy groups -OCH3 is 1. The second-order valence-electron chi connectivity index (χ2n) is 8.73. The third-order valence-corrected chi connectivity index (χ3v) is 5.84. The van der Waals surface area contributed by atoms with E-state index >= 15 is 0 Å². The van der Waals surface area contributed by atoms with Gasteiger partial charge in [0, 0.05) is 11.6 Å². The summed E-state index contributed by atoms with van der Waals surface area (Å²) in [5.74, 6) is -0.211. The Morgan fingerprint density at radius 2 is 1.55 bits per heavy atom. The van der Waals surface area contributed by atoms with E-state index in [1.165, 1.54) is 12.3 Å². The molecule has 42 heavy (non-hydrogen) atoms. The van der Waals surface area contributed by atoms with Crippen molar-refractivity contribution >= 4 is 35.8 Å². The minimum Gasteiger partial charge on any atom is -0.497 e. The summed E-state index contributed by atoms with van der Waals surface area (Å²) in [6.45, 7) is 2.16. The van der Waals surface area contributed by atoms with E-state index in [0.717, 1.165) is 5.56 Å². The quantitative estimate of drug-likeness (QED) is 0.0792. The fourth-order valence-electron chi connectivity index (χ4n) is 3.78. The van der Waals surface area contributed by atoms with Gasteiger partial charge >= 0.3 is 5.97 Å². The molecular formula is C33H29N3O6. The molecule has 0 bridgehead atoms. The van der Waals surface area contributed by atoms with Crippen molar-refractivity contribution in [2.75, 3.05) is 19.0 Å². The van der Waals surface area contributed by atoms with Gasteiger partial charge < -0.3 is 19.5 Å². The second kappa shape index (κ2) is 14.6. The zero-order valence-electron chi connectivity index (χ0n) is 23.1. The zero-order valence-corrected chi connectivity index (χ0v) is 23.1. The lowest BCUT2D eigenvalue weighted by Crippen LogP contribution is -2.21. The van der Waals surface area contributed by atoms with Crippen molar-refractivity contribution in [2.24, 2.45) is 5.10 Å². The molecule has 2 amide bonds. The third kappa shape index (κ3) is 8.15. The van der Waals surface area contributed by atoms with Crippen LogP contribution < -0.4 is 25.0 Å². The zero-order chi connectivity index (χ0) is 29.7. The van der Waals surface area contributed by atoms with E-state index in [2.05, 4.69) is 15.8 Å². The number of nitrogens with one attached hydrogen (secondary N) is 2. The van der Waals surface area contributed by atoms with Crippen LogP contribution >= 0.6 is 0 Å². The largest absolute Gasteiger partial charge is 0.497 e. The molecule has 0 radical (unpaired) electrons. The lowest BCUT2D eigenvalue weighted by atomic mass is 10.1. The van der Waals surface area contributed by atoms with Gasteiger partial charge in [0.25, 0.3) is 11.8 Å². The molecule has 4 aromatic carbocycles. The fourth-order valence-corrected chi connectivity index (χ4v) is 3.78. The number of ether oxygens (including phenoxy) is 3. The summed E-state index contributed by atoms with van der Waals surface area (Å²) in [6, 6.07) is 27.5. The highest BCUT2D eigenvalue weighted by molar-refractivity contribution is 6.09. The molecule has 4 aromatic rings. The molecule has 0 unspecified atom stereocenters.